The van der Waals surface area contributed by atoms with Crippen LogP contribution in [0.25, 0.3) is 0 Å². The number of methoxy groups -OCH3 is 2. The maximum Gasteiger partial charge on any atom is 0.337 e. The third-order valence-corrected chi connectivity index (χ3v) is 4.89. The number of carbonyl (C=O) groups excluding carboxylic acids is 3. The van der Waals surface area contributed by atoms with E-state index in [1.807, 2.05) is 0 Å². The van der Waals surface area contributed by atoms with Gasteiger partial charge >= 0.3 is 5.97 Å². The van der Waals surface area contributed by atoms with E-state index in [2.05, 4.69) is 0 Å². The van der Waals surface area contributed by atoms with E-state index in [1.54, 1.807) is 31.4 Å². The number of ketones is 1. The molecule has 0 N–H and O–H groups in total. The summed E-state index contributed by atoms with van der Waals surface area (Å²) in [6.07, 6.45) is -0.264. The molecule has 0 aliphatic carbocycles. The SMILES string of the molecule is COC(=O)C1(CC(C)=O)c2ccc(F)cc2C(=O)N1Cc1ccc(OC)cc1. The van der Waals surface area contributed by atoms with Crippen LogP contribution in [-0.2, 0) is 26.4 Å². The van der Waals surface area contributed by atoms with E-state index in [9.17, 15) is 18.8 Å². The van der Waals surface area contributed by atoms with Gasteiger partial charge in [0.05, 0.1) is 14.2 Å². The monoisotopic (exact) mass is 385 g/mol. The molecule has 1 amide bonds. The molecule has 0 spiro atoms. The summed E-state index contributed by atoms with van der Waals surface area (Å²) in [5.41, 5.74) is -0.588. The molecule has 0 fully saturated rings. The molecule has 1 heterocycles. The van der Waals surface area contributed by atoms with Gasteiger partial charge in [0.15, 0.2) is 5.54 Å². The standard InChI is InChI=1S/C21H20FNO5/c1-13(24)11-21(20(26)28-3)18-9-6-15(22)10-17(18)19(25)23(21)12-14-4-7-16(27-2)8-5-14/h4-10H,11-12H2,1-3H3. The second-order valence-electron chi connectivity index (χ2n) is 6.66. The Kier molecular flexibility index (Phi) is 5.18. The number of carbonyl (C=O) groups is 3. The quantitative estimate of drug-likeness (QED) is 0.715. The van der Waals surface area contributed by atoms with Crippen LogP contribution in [0, 0.1) is 5.82 Å². The van der Waals surface area contributed by atoms with Gasteiger partial charge in [-0.1, -0.05) is 18.2 Å². The summed E-state index contributed by atoms with van der Waals surface area (Å²) in [4.78, 5) is 39.3. The second kappa shape index (κ2) is 7.42. The van der Waals surface area contributed by atoms with Crippen molar-refractivity contribution in [2.24, 2.45) is 0 Å². The first-order valence-corrected chi connectivity index (χ1v) is 8.66. The minimum Gasteiger partial charge on any atom is -0.497 e. The molecule has 1 aliphatic rings. The summed E-state index contributed by atoms with van der Waals surface area (Å²) in [6, 6.07) is 10.6. The number of fused-ring (bicyclic) bond motifs is 1. The highest BCUT2D eigenvalue weighted by molar-refractivity contribution is 6.07. The molecule has 0 bridgehead atoms. The molecule has 2 aromatic rings. The van der Waals surface area contributed by atoms with Gasteiger partial charge in [0, 0.05) is 24.1 Å². The first-order chi connectivity index (χ1) is 13.3. The minimum atomic E-state index is -1.64. The van der Waals surface area contributed by atoms with Gasteiger partial charge < -0.3 is 14.4 Å². The van der Waals surface area contributed by atoms with Crippen molar-refractivity contribution in [1.29, 1.82) is 0 Å². The van der Waals surface area contributed by atoms with E-state index < -0.39 is 23.2 Å². The third kappa shape index (κ3) is 3.13. The van der Waals surface area contributed by atoms with Crippen LogP contribution in [0.2, 0.25) is 0 Å². The van der Waals surface area contributed by atoms with E-state index >= 15 is 0 Å². The van der Waals surface area contributed by atoms with E-state index in [1.165, 1.54) is 31.1 Å². The predicted molar refractivity (Wildman–Crippen MR) is 98.3 cm³/mol. The highest BCUT2D eigenvalue weighted by atomic mass is 19.1. The van der Waals surface area contributed by atoms with Gasteiger partial charge in [-0.2, -0.15) is 0 Å². The lowest BCUT2D eigenvalue weighted by Crippen LogP contribution is -2.51. The van der Waals surface area contributed by atoms with Gasteiger partial charge in [0.1, 0.15) is 17.3 Å². The first-order valence-electron chi connectivity index (χ1n) is 8.66. The van der Waals surface area contributed by atoms with Crippen LogP contribution in [0.5, 0.6) is 5.75 Å². The molecule has 0 saturated carbocycles. The molecule has 6 nitrogen and oxygen atoms in total. The average Bonchev–Trinajstić information content (AvgIpc) is 2.90. The van der Waals surface area contributed by atoms with Crippen molar-refractivity contribution in [3.05, 3.63) is 65.0 Å². The van der Waals surface area contributed by atoms with Crippen LogP contribution in [0.15, 0.2) is 42.5 Å². The van der Waals surface area contributed by atoms with Crippen molar-refractivity contribution < 1.29 is 28.2 Å². The Morgan fingerprint density at radius 3 is 2.36 bits per heavy atom. The summed E-state index contributed by atoms with van der Waals surface area (Å²) >= 11 is 0. The second-order valence-corrected chi connectivity index (χ2v) is 6.66. The lowest BCUT2D eigenvalue weighted by Gasteiger charge is -2.36. The Balaban J connectivity index is 2.15. The maximum atomic E-state index is 13.8. The summed E-state index contributed by atoms with van der Waals surface area (Å²) < 4.78 is 23.9. The minimum absolute atomic E-state index is 0.0432. The van der Waals surface area contributed by atoms with Crippen molar-refractivity contribution in [3.8, 4) is 5.75 Å². The predicted octanol–water partition coefficient (Wildman–Crippen LogP) is 2.84. The lowest BCUT2D eigenvalue weighted by atomic mass is 9.84. The number of esters is 1. The fourth-order valence-electron chi connectivity index (χ4n) is 3.65. The number of rotatable bonds is 6. The molecule has 0 radical (unpaired) electrons. The fourth-order valence-corrected chi connectivity index (χ4v) is 3.65. The van der Waals surface area contributed by atoms with Crippen molar-refractivity contribution >= 4 is 17.7 Å². The summed E-state index contributed by atoms with van der Waals surface area (Å²) in [7, 11) is 2.74. The van der Waals surface area contributed by atoms with Crippen LogP contribution in [-0.4, -0.2) is 36.8 Å². The van der Waals surface area contributed by atoms with Gasteiger partial charge in [0.2, 0.25) is 0 Å². The smallest absolute Gasteiger partial charge is 0.337 e. The molecule has 3 rings (SSSR count). The van der Waals surface area contributed by atoms with Crippen LogP contribution in [0.4, 0.5) is 4.39 Å². The van der Waals surface area contributed by atoms with E-state index in [4.69, 9.17) is 9.47 Å². The zero-order valence-electron chi connectivity index (χ0n) is 15.8. The zero-order valence-corrected chi connectivity index (χ0v) is 15.8. The summed E-state index contributed by atoms with van der Waals surface area (Å²) in [5, 5.41) is 0. The Labute approximate surface area is 161 Å². The van der Waals surface area contributed by atoms with Crippen molar-refractivity contribution in [2.45, 2.75) is 25.4 Å². The zero-order chi connectivity index (χ0) is 20.5. The van der Waals surface area contributed by atoms with E-state index in [0.717, 1.165) is 11.6 Å². The van der Waals surface area contributed by atoms with Crippen LogP contribution >= 0.6 is 0 Å². The number of amides is 1. The molecule has 2 aromatic carbocycles. The largest absolute Gasteiger partial charge is 0.497 e. The lowest BCUT2D eigenvalue weighted by molar-refractivity contribution is -0.156. The van der Waals surface area contributed by atoms with Gasteiger partial charge in [-0.25, -0.2) is 9.18 Å². The van der Waals surface area contributed by atoms with E-state index in [0.29, 0.717) is 5.75 Å². The molecule has 7 heteroatoms. The maximum absolute atomic E-state index is 13.8. The third-order valence-electron chi connectivity index (χ3n) is 4.89. The van der Waals surface area contributed by atoms with E-state index in [-0.39, 0.29) is 29.9 Å². The fraction of sp³-hybridized carbons (Fsp3) is 0.286. The number of ether oxygens (including phenoxy) is 2. The number of nitrogens with zero attached hydrogens (tertiary/aromatic N) is 1. The molecular weight excluding hydrogens is 365 g/mol. The van der Waals surface area contributed by atoms with Gasteiger partial charge in [-0.05, 0) is 36.8 Å². The number of hydrogen-bond acceptors (Lipinski definition) is 5. The highest BCUT2D eigenvalue weighted by Gasteiger charge is 2.56. The highest BCUT2D eigenvalue weighted by Crippen LogP contribution is 2.44. The molecule has 1 atom stereocenters. The topological polar surface area (TPSA) is 72.9 Å². The van der Waals surface area contributed by atoms with Crippen LogP contribution < -0.4 is 4.74 Å². The van der Waals surface area contributed by atoms with Crippen molar-refractivity contribution in [3.63, 3.8) is 0 Å². The van der Waals surface area contributed by atoms with Gasteiger partial charge in [-0.15, -0.1) is 0 Å². The average molecular weight is 385 g/mol. The molecule has 0 saturated heterocycles. The van der Waals surface area contributed by atoms with Gasteiger partial charge in [0.25, 0.3) is 5.91 Å². The molecule has 0 aromatic heterocycles. The van der Waals surface area contributed by atoms with Crippen molar-refractivity contribution in [2.75, 3.05) is 14.2 Å². The van der Waals surface area contributed by atoms with Crippen LogP contribution in [0.3, 0.4) is 0 Å². The molecule has 1 unspecified atom stereocenters. The van der Waals surface area contributed by atoms with Gasteiger partial charge in [-0.3, -0.25) is 9.59 Å². The van der Waals surface area contributed by atoms with Crippen LogP contribution in [0.1, 0.15) is 34.8 Å². The Hall–Kier alpha value is -3.22. The first kappa shape index (κ1) is 19.5. The Morgan fingerprint density at radius 1 is 1.11 bits per heavy atom. The normalized spacial score (nSPS) is 18.0. The molecular formula is C21H20FNO5. The summed E-state index contributed by atoms with van der Waals surface area (Å²) in [6.45, 7) is 1.38. The Bertz CT molecular complexity index is 940. The number of benzene rings is 2. The number of hydrogen-bond donors (Lipinski definition) is 0. The molecule has 1 aliphatic heterocycles. The van der Waals surface area contributed by atoms with Crippen molar-refractivity contribution in [1.82, 2.24) is 4.90 Å². The molecule has 28 heavy (non-hydrogen) atoms. The number of halogens is 1. The summed E-state index contributed by atoms with van der Waals surface area (Å²) in [5.74, 6) is -1.52. The number of Topliss-reactive ketones (excluding diaryl/α,β-unsaturated/α-hetero) is 1. The Morgan fingerprint density at radius 2 is 1.79 bits per heavy atom. The molecule has 146 valence electrons.